The lowest BCUT2D eigenvalue weighted by atomic mass is 10.1. The van der Waals surface area contributed by atoms with Crippen LogP contribution in [0.5, 0.6) is 0 Å². The summed E-state index contributed by atoms with van der Waals surface area (Å²) in [6.45, 7) is 8.33. The van der Waals surface area contributed by atoms with E-state index >= 15 is 0 Å². The fourth-order valence-corrected chi connectivity index (χ4v) is 3.02. The minimum Gasteiger partial charge on any atom is -0.378 e. The molecular weight excluding hydrogens is 294 g/mol. The van der Waals surface area contributed by atoms with Crippen LogP contribution in [-0.4, -0.2) is 55.3 Å². The Kier molecular flexibility index (Phi) is 3.54. The van der Waals surface area contributed by atoms with E-state index in [0.29, 0.717) is 6.04 Å². The molecule has 0 N–H and O–H groups in total. The van der Waals surface area contributed by atoms with E-state index < -0.39 is 0 Å². The zero-order valence-electron chi connectivity index (χ0n) is 10.6. The molecule has 0 spiro atoms. The second-order valence-corrected chi connectivity index (χ2v) is 5.77. The van der Waals surface area contributed by atoms with Gasteiger partial charge in [-0.05, 0) is 35.0 Å². The molecule has 0 atom stereocenters. The number of piperazine rings is 1. The van der Waals surface area contributed by atoms with Gasteiger partial charge in [0.1, 0.15) is 4.60 Å². The smallest absolute Gasteiger partial charge is 0.106 e. The lowest BCUT2D eigenvalue weighted by molar-refractivity contribution is -0.0660. The molecule has 1 aromatic heterocycles. The Labute approximate surface area is 116 Å². The average Bonchev–Trinajstić information content (AvgIpc) is 2.28. The first-order valence-corrected chi connectivity index (χ1v) is 7.23. The molecule has 2 fully saturated rings. The Morgan fingerprint density at radius 3 is 2.50 bits per heavy atom. The third-order valence-electron chi connectivity index (χ3n) is 3.82. The van der Waals surface area contributed by atoms with Gasteiger partial charge in [-0.2, -0.15) is 0 Å². The Morgan fingerprint density at radius 1 is 1.22 bits per heavy atom. The van der Waals surface area contributed by atoms with Crippen molar-refractivity contribution in [2.45, 2.75) is 13.0 Å². The SMILES string of the molecule is Cc1nc(Br)ccc1N1CCN(C2COC2)CC1. The molecule has 2 aliphatic heterocycles. The van der Waals surface area contributed by atoms with Gasteiger partial charge in [0.25, 0.3) is 0 Å². The summed E-state index contributed by atoms with van der Waals surface area (Å²) in [5.41, 5.74) is 2.37. The number of aromatic nitrogens is 1. The predicted octanol–water partition coefficient (Wildman–Crippen LogP) is 1.67. The first kappa shape index (κ1) is 12.4. The molecule has 3 heterocycles. The van der Waals surface area contributed by atoms with Crippen molar-refractivity contribution in [2.24, 2.45) is 0 Å². The van der Waals surface area contributed by atoms with E-state index in [2.05, 4.69) is 43.7 Å². The van der Waals surface area contributed by atoms with E-state index in [9.17, 15) is 0 Å². The monoisotopic (exact) mass is 311 g/mol. The van der Waals surface area contributed by atoms with E-state index in [0.717, 1.165) is 49.7 Å². The number of rotatable bonds is 2. The molecule has 1 aromatic rings. The number of ether oxygens (including phenoxy) is 1. The Bertz CT molecular complexity index is 428. The van der Waals surface area contributed by atoms with Gasteiger partial charge in [0.15, 0.2) is 0 Å². The van der Waals surface area contributed by atoms with Crippen molar-refractivity contribution < 1.29 is 4.74 Å². The molecule has 0 aromatic carbocycles. The molecule has 2 saturated heterocycles. The largest absolute Gasteiger partial charge is 0.378 e. The number of hydrogen-bond acceptors (Lipinski definition) is 4. The van der Waals surface area contributed by atoms with E-state index in [1.807, 2.05) is 6.07 Å². The molecule has 18 heavy (non-hydrogen) atoms. The minimum atomic E-state index is 0.663. The standard InChI is InChI=1S/C13H18BrN3O/c1-10-12(2-3-13(14)15-10)17-6-4-16(5-7-17)11-8-18-9-11/h2-3,11H,4-9H2,1H3. The fourth-order valence-electron chi connectivity index (χ4n) is 2.62. The Morgan fingerprint density at radius 2 is 1.94 bits per heavy atom. The topological polar surface area (TPSA) is 28.6 Å². The molecule has 4 nitrogen and oxygen atoms in total. The van der Waals surface area contributed by atoms with Gasteiger partial charge in [0, 0.05) is 26.2 Å². The van der Waals surface area contributed by atoms with Gasteiger partial charge in [0.2, 0.25) is 0 Å². The van der Waals surface area contributed by atoms with Crippen molar-refractivity contribution in [2.75, 3.05) is 44.3 Å². The first-order chi connectivity index (χ1) is 8.74. The number of pyridine rings is 1. The summed E-state index contributed by atoms with van der Waals surface area (Å²) in [5, 5.41) is 0. The van der Waals surface area contributed by atoms with Gasteiger partial charge in [-0.25, -0.2) is 4.98 Å². The van der Waals surface area contributed by atoms with Crippen molar-refractivity contribution in [3.63, 3.8) is 0 Å². The van der Waals surface area contributed by atoms with Crippen LogP contribution in [0.2, 0.25) is 0 Å². The van der Waals surface area contributed by atoms with Crippen LogP contribution < -0.4 is 4.90 Å². The van der Waals surface area contributed by atoms with Crippen LogP contribution in [0, 0.1) is 6.92 Å². The molecule has 0 radical (unpaired) electrons. The third-order valence-corrected chi connectivity index (χ3v) is 4.26. The molecule has 3 rings (SSSR count). The van der Waals surface area contributed by atoms with Crippen LogP contribution in [0.3, 0.4) is 0 Å². The highest BCUT2D eigenvalue weighted by molar-refractivity contribution is 9.10. The van der Waals surface area contributed by atoms with Crippen LogP contribution in [0.25, 0.3) is 0 Å². The lowest BCUT2D eigenvalue weighted by Gasteiger charge is -2.43. The Balaban J connectivity index is 1.64. The van der Waals surface area contributed by atoms with Crippen LogP contribution >= 0.6 is 15.9 Å². The maximum absolute atomic E-state index is 5.26. The summed E-state index contributed by atoms with van der Waals surface area (Å²) in [7, 11) is 0. The molecule has 0 aliphatic carbocycles. The molecule has 0 saturated carbocycles. The highest BCUT2D eigenvalue weighted by Gasteiger charge is 2.29. The predicted molar refractivity (Wildman–Crippen MR) is 75.1 cm³/mol. The number of aryl methyl sites for hydroxylation is 1. The average molecular weight is 312 g/mol. The van der Waals surface area contributed by atoms with Gasteiger partial charge in [-0.15, -0.1) is 0 Å². The molecule has 2 aliphatic rings. The van der Waals surface area contributed by atoms with Crippen LogP contribution in [0.1, 0.15) is 5.69 Å². The second-order valence-electron chi connectivity index (χ2n) is 4.95. The van der Waals surface area contributed by atoms with Crippen LogP contribution in [0.4, 0.5) is 5.69 Å². The van der Waals surface area contributed by atoms with Crippen molar-refractivity contribution in [3.8, 4) is 0 Å². The maximum atomic E-state index is 5.26. The molecule has 5 heteroatoms. The van der Waals surface area contributed by atoms with E-state index in [4.69, 9.17) is 4.74 Å². The summed E-state index contributed by atoms with van der Waals surface area (Å²) in [4.78, 5) is 9.45. The maximum Gasteiger partial charge on any atom is 0.106 e. The molecule has 98 valence electrons. The summed E-state index contributed by atoms with van der Waals surface area (Å²) in [6, 6.07) is 4.85. The van der Waals surface area contributed by atoms with E-state index in [-0.39, 0.29) is 0 Å². The van der Waals surface area contributed by atoms with Crippen molar-refractivity contribution in [1.29, 1.82) is 0 Å². The van der Waals surface area contributed by atoms with Crippen molar-refractivity contribution in [3.05, 3.63) is 22.4 Å². The van der Waals surface area contributed by atoms with Crippen LogP contribution in [-0.2, 0) is 4.74 Å². The molecular formula is C13H18BrN3O. The third kappa shape index (κ3) is 2.39. The quantitative estimate of drug-likeness (QED) is 0.777. The highest BCUT2D eigenvalue weighted by atomic mass is 79.9. The van der Waals surface area contributed by atoms with Gasteiger partial charge < -0.3 is 9.64 Å². The van der Waals surface area contributed by atoms with Gasteiger partial charge in [-0.1, -0.05) is 0 Å². The van der Waals surface area contributed by atoms with Gasteiger partial charge >= 0.3 is 0 Å². The minimum absolute atomic E-state index is 0.663. The van der Waals surface area contributed by atoms with E-state index in [1.54, 1.807) is 0 Å². The summed E-state index contributed by atoms with van der Waals surface area (Å²) >= 11 is 3.41. The van der Waals surface area contributed by atoms with Crippen molar-refractivity contribution >= 4 is 21.6 Å². The Hall–Kier alpha value is -0.650. The number of halogens is 1. The number of nitrogens with zero attached hydrogens (tertiary/aromatic N) is 3. The highest BCUT2D eigenvalue weighted by Crippen LogP contribution is 2.23. The normalized spacial score (nSPS) is 22.0. The van der Waals surface area contributed by atoms with Crippen LogP contribution in [0.15, 0.2) is 16.7 Å². The number of hydrogen-bond donors (Lipinski definition) is 0. The first-order valence-electron chi connectivity index (χ1n) is 6.44. The molecule has 0 amide bonds. The summed E-state index contributed by atoms with van der Waals surface area (Å²) in [6.07, 6.45) is 0. The number of anilines is 1. The summed E-state index contributed by atoms with van der Waals surface area (Å²) in [5.74, 6) is 0. The van der Waals surface area contributed by atoms with Gasteiger partial charge in [0.05, 0.1) is 30.6 Å². The van der Waals surface area contributed by atoms with Crippen molar-refractivity contribution in [1.82, 2.24) is 9.88 Å². The zero-order chi connectivity index (χ0) is 12.5. The molecule has 0 bridgehead atoms. The second kappa shape index (κ2) is 5.15. The fraction of sp³-hybridized carbons (Fsp3) is 0.615. The zero-order valence-corrected chi connectivity index (χ0v) is 12.2. The lowest BCUT2D eigenvalue weighted by Crippen LogP contribution is -2.56. The van der Waals surface area contributed by atoms with E-state index in [1.165, 1.54) is 5.69 Å². The molecule has 0 unspecified atom stereocenters. The van der Waals surface area contributed by atoms with Gasteiger partial charge in [-0.3, -0.25) is 4.90 Å². The summed E-state index contributed by atoms with van der Waals surface area (Å²) < 4.78 is 6.17.